The number of alkyl halides is 1. The van der Waals surface area contributed by atoms with Crippen molar-refractivity contribution in [3.8, 4) is 0 Å². The van der Waals surface area contributed by atoms with E-state index in [0.29, 0.717) is 0 Å². The SMILES string of the molecule is Cc1ccc(C(Cl)c2cscn2)s1. The molecule has 2 aromatic rings. The third kappa shape index (κ3) is 1.93. The summed E-state index contributed by atoms with van der Waals surface area (Å²) < 4.78 is 0. The lowest BCUT2D eigenvalue weighted by Gasteiger charge is -2.01. The summed E-state index contributed by atoms with van der Waals surface area (Å²) in [6, 6.07) is 4.15. The van der Waals surface area contributed by atoms with Crippen LogP contribution >= 0.6 is 34.3 Å². The third-order valence-corrected chi connectivity index (χ3v) is 3.98. The molecule has 0 amide bonds. The Kier molecular flexibility index (Phi) is 2.67. The van der Waals surface area contributed by atoms with Gasteiger partial charge in [-0.3, -0.25) is 0 Å². The molecule has 0 aliphatic rings. The first-order valence-corrected chi connectivity index (χ1v) is 6.05. The summed E-state index contributed by atoms with van der Waals surface area (Å²) in [7, 11) is 0. The van der Waals surface area contributed by atoms with E-state index < -0.39 is 0 Å². The number of halogens is 1. The molecule has 0 N–H and O–H groups in total. The molecule has 0 fully saturated rings. The highest BCUT2D eigenvalue weighted by molar-refractivity contribution is 7.12. The van der Waals surface area contributed by atoms with Crippen LogP contribution in [0.15, 0.2) is 23.0 Å². The van der Waals surface area contributed by atoms with Gasteiger partial charge in [0.1, 0.15) is 5.38 Å². The predicted molar refractivity (Wildman–Crippen MR) is 58.9 cm³/mol. The average Bonchev–Trinajstić information content (AvgIpc) is 2.72. The molecule has 0 saturated heterocycles. The van der Waals surface area contributed by atoms with Crippen LogP contribution in [0.2, 0.25) is 0 Å². The summed E-state index contributed by atoms with van der Waals surface area (Å²) in [5.74, 6) is 0. The Morgan fingerprint density at radius 3 is 2.85 bits per heavy atom. The Morgan fingerprint density at radius 1 is 1.46 bits per heavy atom. The molecule has 1 nitrogen and oxygen atoms in total. The predicted octanol–water partition coefficient (Wildman–Crippen LogP) is 3.84. The van der Waals surface area contributed by atoms with E-state index in [1.165, 1.54) is 9.75 Å². The van der Waals surface area contributed by atoms with Gasteiger partial charge in [0, 0.05) is 15.1 Å². The van der Waals surface area contributed by atoms with Crippen LogP contribution in [0.25, 0.3) is 0 Å². The van der Waals surface area contributed by atoms with E-state index in [1.54, 1.807) is 22.7 Å². The molecular formula is C9H8ClNS2. The summed E-state index contributed by atoms with van der Waals surface area (Å²) in [5.41, 5.74) is 2.76. The number of hydrogen-bond acceptors (Lipinski definition) is 3. The van der Waals surface area contributed by atoms with E-state index in [4.69, 9.17) is 11.6 Å². The van der Waals surface area contributed by atoms with Crippen molar-refractivity contribution in [3.05, 3.63) is 38.5 Å². The molecule has 0 bridgehead atoms. The number of nitrogens with zero attached hydrogens (tertiary/aromatic N) is 1. The van der Waals surface area contributed by atoms with Gasteiger partial charge in [0.2, 0.25) is 0 Å². The molecular weight excluding hydrogens is 222 g/mol. The summed E-state index contributed by atoms with van der Waals surface area (Å²) in [5, 5.41) is 1.91. The van der Waals surface area contributed by atoms with Gasteiger partial charge in [-0.2, -0.15) is 0 Å². The second kappa shape index (κ2) is 3.78. The first-order valence-electron chi connectivity index (χ1n) is 3.86. The molecule has 1 unspecified atom stereocenters. The largest absolute Gasteiger partial charge is 0.248 e. The Balaban J connectivity index is 2.28. The van der Waals surface area contributed by atoms with Gasteiger partial charge < -0.3 is 0 Å². The first-order chi connectivity index (χ1) is 6.27. The molecule has 2 heterocycles. The first kappa shape index (κ1) is 9.19. The Morgan fingerprint density at radius 2 is 2.31 bits per heavy atom. The lowest BCUT2D eigenvalue weighted by molar-refractivity contribution is 1.09. The van der Waals surface area contributed by atoms with Crippen molar-refractivity contribution < 1.29 is 0 Å². The molecule has 0 aliphatic carbocycles. The average molecular weight is 230 g/mol. The van der Waals surface area contributed by atoms with Gasteiger partial charge in [0.05, 0.1) is 11.2 Å². The van der Waals surface area contributed by atoms with Crippen LogP contribution in [-0.4, -0.2) is 4.98 Å². The minimum Gasteiger partial charge on any atom is -0.248 e. The molecule has 1 atom stereocenters. The van der Waals surface area contributed by atoms with Crippen molar-refractivity contribution in [2.45, 2.75) is 12.3 Å². The minimum absolute atomic E-state index is 0.0788. The van der Waals surface area contributed by atoms with Crippen molar-refractivity contribution in [2.75, 3.05) is 0 Å². The zero-order valence-electron chi connectivity index (χ0n) is 7.03. The molecule has 4 heteroatoms. The lowest BCUT2D eigenvalue weighted by atomic mass is 10.3. The number of hydrogen-bond donors (Lipinski definition) is 0. The summed E-state index contributed by atoms with van der Waals surface area (Å²) >= 11 is 9.55. The Bertz CT molecular complexity index is 380. The topological polar surface area (TPSA) is 12.9 Å². The standard InChI is InChI=1S/C9H8ClNS2/c1-6-2-3-8(13-6)9(10)7-4-12-5-11-7/h2-5,9H,1H3. The monoisotopic (exact) mass is 229 g/mol. The maximum absolute atomic E-state index is 6.24. The van der Waals surface area contributed by atoms with E-state index in [9.17, 15) is 0 Å². The van der Waals surface area contributed by atoms with Crippen LogP contribution in [0.3, 0.4) is 0 Å². The zero-order chi connectivity index (χ0) is 9.26. The van der Waals surface area contributed by atoms with Gasteiger partial charge in [-0.05, 0) is 19.1 Å². The Hall–Kier alpha value is -0.380. The number of aromatic nitrogens is 1. The molecule has 0 aliphatic heterocycles. The van der Waals surface area contributed by atoms with Gasteiger partial charge in [-0.25, -0.2) is 4.98 Å². The van der Waals surface area contributed by atoms with Crippen LogP contribution in [0.5, 0.6) is 0 Å². The highest BCUT2D eigenvalue weighted by Gasteiger charge is 2.13. The van der Waals surface area contributed by atoms with Gasteiger partial charge in [-0.1, -0.05) is 0 Å². The summed E-state index contributed by atoms with van der Waals surface area (Å²) in [6.07, 6.45) is 0. The van der Waals surface area contributed by atoms with E-state index in [-0.39, 0.29) is 5.38 Å². The van der Waals surface area contributed by atoms with Crippen molar-refractivity contribution in [2.24, 2.45) is 0 Å². The highest BCUT2D eigenvalue weighted by atomic mass is 35.5. The molecule has 0 aromatic carbocycles. The van der Waals surface area contributed by atoms with Crippen LogP contribution in [0.1, 0.15) is 20.8 Å². The molecule has 2 rings (SSSR count). The van der Waals surface area contributed by atoms with Crippen LogP contribution in [0.4, 0.5) is 0 Å². The van der Waals surface area contributed by atoms with Crippen molar-refractivity contribution >= 4 is 34.3 Å². The van der Waals surface area contributed by atoms with Crippen molar-refractivity contribution in [1.29, 1.82) is 0 Å². The van der Waals surface area contributed by atoms with Gasteiger partial charge >= 0.3 is 0 Å². The smallest absolute Gasteiger partial charge is 0.111 e. The van der Waals surface area contributed by atoms with Gasteiger partial charge in [0.15, 0.2) is 0 Å². The maximum Gasteiger partial charge on any atom is 0.111 e. The van der Waals surface area contributed by atoms with Gasteiger partial charge in [-0.15, -0.1) is 34.3 Å². The number of thiophene rings is 1. The fourth-order valence-electron chi connectivity index (χ4n) is 1.08. The minimum atomic E-state index is -0.0788. The lowest BCUT2D eigenvalue weighted by Crippen LogP contribution is -1.88. The molecule has 2 aromatic heterocycles. The molecule has 0 radical (unpaired) electrons. The fraction of sp³-hybridized carbons (Fsp3) is 0.222. The maximum atomic E-state index is 6.24. The quantitative estimate of drug-likeness (QED) is 0.713. The van der Waals surface area contributed by atoms with Crippen molar-refractivity contribution in [3.63, 3.8) is 0 Å². The second-order valence-corrected chi connectivity index (χ2v) is 5.20. The molecule has 68 valence electrons. The van der Waals surface area contributed by atoms with Crippen LogP contribution in [0, 0.1) is 6.92 Å². The number of rotatable bonds is 2. The normalized spacial score (nSPS) is 13.1. The third-order valence-electron chi connectivity index (χ3n) is 1.72. The van der Waals surface area contributed by atoms with E-state index in [2.05, 4.69) is 24.0 Å². The van der Waals surface area contributed by atoms with Crippen LogP contribution < -0.4 is 0 Å². The second-order valence-electron chi connectivity index (χ2n) is 2.72. The Labute approximate surface area is 90.0 Å². The fourth-order valence-corrected chi connectivity index (χ4v) is 2.93. The zero-order valence-corrected chi connectivity index (χ0v) is 9.42. The van der Waals surface area contributed by atoms with E-state index in [1.807, 2.05) is 10.9 Å². The molecule has 0 spiro atoms. The highest BCUT2D eigenvalue weighted by Crippen LogP contribution is 2.32. The van der Waals surface area contributed by atoms with Crippen LogP contribution in [-0.2, 0) is 0 Å². The van der Waals surface area contributed by atoms with Crippen molar-refractivity contribution in [1.82, 2.24) is 4.98 Å². The summed E-state index contributed by atoms with van der Waals surface area (Å²) in [4.78, 5) is 6.65. The van der Waals surface area contributed by atoms with Gasteiger partial charge in [0.25, 0.3) is 0 Å². The molecule has 13 heavy (non-hydrogen) atoms. The summed E-state index contributed by atoms with van der Waals surface area (Å²) in [6.45, 7) is 2.08. The number of thiazole rings is 1. The molecule has 0 saturated carbocycles. The van der Waals surface area contributed by atoms with E-state index in [0.717, 1.165) is 5.69 Å². The van der Waals surface area contributed by atoms with E-state index >= 15 is 0 Å². The number of aryl methyl sites for hydroxylation is 1.